The molecule has 0 saturated heterocycles. The standard InChI is InChI=1S/C16H16N2.Ir/c1-12-8-9-14(13(2)10-12)18-11-17(3)15-6-4-5-7-16(15)18;/h4-8,10-11H,1-3H3;. The average Bonchev–Trinajstić information content (AvgIpc) is 2.68. The third-order valence-corrected chi connectivity index (χ3v) is 3.31. The summed E-state index contributed by atoms with van der Waals surface area (Å²) in [5.74, 6) is 0. The van der Waals surface area contributed by atoms with Gasteiger partial charge >= 0.3 is 0 Å². The van der Waals surface area contributed by atoms with E-state index in [4.69, 9.17) is 0 Å². The van der Waals surface area contributed by atoms with Crippen LogP contribution < -0.4 is 0 Å². The van der Waals surface area contributed by atoms with E-state index in [1.165, 1.54) is 22.2 Å². The Morgan fingerprint density at radius 3 is 2.47 bits per heavy atom. The fraction of sp³-hybridized carbons (Fsp3) is 0.188. The fourth-order valence-corrected chi connectivity index (χ4v) is 2.45. The van der Waals surface area contributed by atoms with E-state index in [0.717, 1.165) is 5.69 Å². The average molecular weight is 429 g/mol. The van der Waals surface area contributed by atoms with Crippen LogP contribution in [0.3, 0.4) is 0 Å². The summed E-state index contributed by atoms with van der Waals surface area (Å²) in [4.78, 5) is 0. The number of fused-ring (bicyclic) bond motifs is 1. The van der Waals surface area contributed by atoms with E-state index >= 15 is 0 Å². The Morgan fingerprint density at radius 2 is 1.79 bits per heavy atom. The van der Waals surface area contributed by atoms with Crippen LogP contribution in [0.2, 0.25) is 0 Å². The molecule has 2 aromatic carbocycles. The van der Waals surface area contributed by atoms with Gasteiger partial charge in [-0.1, -0.05) is 19.4 Å². The first kappa shape index (κ1) is 14.0. The van der Waals surface area contributed by atoms with Crippen LogP contribution in [-0.2, 0) is 27.2 Å². The SMILES string of the molecule is Cc1c[c-]c(-n2[cH+]n(C)c3ccccc32)c(C)c1.[Ir]. The minimum atomic E-state index is 0. The molecule has 0 N–H and O–H groups in total. The smallest absolute Gasteiger partial charge is 0.188 e. The molecule has 0 aliphatic heterocycles. The molecule has 3 rings (SSSR count). The first-order chi connectivity index (χ1) is 8.66. The Bertz CT molecular complexity index is 729. The molecule has 1 aromatic heterocycles. The predicted molar refractivity (Wildman–Crippen MR) is 75.0 cm³/mol. The molecular weight excluding hydrogens is 412 g/mol. The Morgan fingerprint density at radius 1 is 1.11 bits per heavy atom. The van der Waals surface area contributed by atoms with E-state index in [0.29, 0.717) is 0 Å². The summed E-state index contributed by atoms with van der Waals surface area (Å²) < 4.78 is 4.34. The second-order valence-corrected chi connectivity index (χ2v) is 4.79. The van der Waals surface area contributed by atoms with Gasteiger partial charge in [-0.15, -0.1) is 6.07 Å². The van der Waals surface area contributed by atoms with Crippen molar-refractivity contribution < 1.29 is 20.1 Å². The maximum absolute atomic E-state index is 3.38. The molecule has 0 spiro atoms. The van der Waals surface area contributed by atoms with Crippen LogP contribution in [0, 0.1) is 19.9 Å². The molecule has 19 heavy (non-hydrogen) atoms. The van der Waals surface area contributed by atoms with E-state index in [1.807, 2.05) is 6.07 Å². The van der Waals surface area contributed by atoms with E-state index in [1.54, 1.807) is 0 Å². The first-order valence-corrected chi connectivity index (χ1v) is 6.12. The van der Waals surface area contributed by atoms with Gasteiger partial charge in [0.1, 0.15) is 0 Å². The summed E-state index contributed by atoms with van der Waals surface area (Å²) in [5, 5.41) is 0. The normalized spacial score (nSPS) is 10.5. The summed E-state index contributed by atoms with van der Waals surface area (Å²) in [7, 11) is 2.07. The molecule has 0 unspecified atom stereocenters. The van der Waals surface area contributed by atoms with E-state index in [-0.39, 0.29) is 20.1 Å². The van der Waals surface area contributed by atoms with Crippen LogP contribution in [0.15, 0.2) is 42.7 Å². The number of aryl methyl sites for hydroxylation is 3. The van der Waals surface area contributed by atoms with Crippen molar-refractivity contribution in [3.8, 4) is 5.69 Å². The van der Waals surface area contributed by atoms with Crippen LogP contribution in [-0.4, -0.2) is 9.13 Å². The second kappa shape index (κ2) is 5.28. The number of hydrogen-bond acceptors (Lipinski definition) is 0. The molecule has 3 aromatic rings. The molecular formula is C16H16IrN2. The van der Waals surface area contributed by atoms with Gasteiger partial charge in [-0.2, -0.15) is 22.3 Å². The van der Waals surface area contributed by atoms with Crippen LogP contribution in [0.4, 0.5) is 0 Å². The summed E-state index contributed by atoms with van der Waals surface area (Å²) in [6.45, 7) is 4.23. The molecule has 0 bridgehead atoms. The zero-order valence-electron chi connectivity index (χ0n) is 11.3. The molecule has 0 aliphatic rings. The Labute approximate surface area is 127 Å². The van der Waals surface area contributed by atoms with Gasteiger partial charge in [0.05, 0.1) is 0 Å². The van der Waals surface area contributed by atoms with Crippen molar-refractivity contribution in [1.82, 2.24) is 9.13 Å². The van der Waals surface area contributed by atoms with Crippen LogP contribution >= 0.6 is 0 Å². The topological polar surface area (TPSA) is 9.86 Å². The third-order valence-electron chi connectivity index (χ3n) is 3.31. The van der Waals surface area contributed by atoms with E-state index in [2.05, 4.69) is 72.8 Å². The zero-order valence-corrected chi connectivity index (χ0v) is 13.7. The number of imidazole rings is 1. The summed E-state index contributed by atoms with van der Waals surface area (Å²) in [6.07, 6.45) is 2.11. The van der Waals surface area contributed by atoms with Gasteiger partial charge in [0.15, 0.2) is 17.4 Å². The minimum absolute atomic E-state index is 0. The van der Waals surface area contributed by atoms with Crippen molar-refractivity contribution in [3.05, 3.63) is 59.9 Å². The van der Waals surface area contributed by atoms with Crippen LogP contribution in [0.25, 0.3) is 16.7 Å². The summed E-state index contributed by atoms with van der Waals surface area (Å²) in [5.41, 5.74) is 6.06. The van der Waals surface area contributed by atoms with Crippen molar-refractivity contribution in [2.45, 2.75) is 13.8 Å². The number of nitrogens with zero attached hydrogens (tertiary/aromatic N) is 2. The number of hydrogen-bond donors (Lipinski definition) is 0. The third kappa shape index (κ3) is 2.36. The van der Waals surface area contributed by atoms with Crippen molar-refractivity contribution >= 4 is 11.0 Å². The molecule has 99 valence electrons. The molecule has 0 amide bonds. The Balaban J connectivity index is 0.00000133. The predicted octanol–water partition coefficient (Wildman–Crippen LogP) is 3.66. The van der Waals surface area contributed by atoms with Crippen molar-refractivity contribution in [1.29, 1.82) is 0 Å². The van der Waals surface area contributed by atoms with Gasteiger partial charge in [0, 0.05) is 45.0 Å². The number of para-hydroxylation sites is 2. The number of aromatic nitrogens is 2. The fourth-order valence-electron chi connectivity index (χ4n) is 2.45. The monoisotopic (exact) mass is 429 g/mol. The van der Waals surface area contributed by atoms with Gasteiger partial charge in [0.2, 0.25) is 0 Å². The molecule has 3 heteroatoms. The Hall–Kier alpha value is -1.44. The number of rotatable bonds is 1. The molecule has 2 nitrogen and oxygen atoms in total. The minimum Gasteiger partial charge on any atom is -0.248 e. The number of benzene rings is 2. The molecule has 0 fully saturated rings. The second-order valence-electron chi connectivity index (χ2n) is 4.79. The van der Waals surface area contributed by atoms with Gasteiger partial charge in [-0.25, -0.2) is 4.57 Å². The Kier molecular flexibility index (Phi) is 3.88. The van der Waals surface area contributed by atoms with E-state index < -0.39 is 0 Å². The molecule has 0 atom stereocenters. The van der Waals surface area contributed by atoms with Gasteiger partial charge in [0.25, 0.3) is 0 Å². The van der Waals surface area contributed by atoms with Crippen molar-refractivity contribution in [2.75, 3.05) is 0 Å². The first-order valence-electron chi connectivity index (χ1n) is 6.12. The zero-order chi connectivity index (χ0) is 12.7. The quantitative estimate of drug-likeness (QED) is 0.524. The maximum Gasteiger partial charge on any atom is 0.188 e. The molecule has 1 heterocycles. The molecule has 0 saturated carbocycles. The van der Waals surface area contributed by atoms with Gasteiger partial charge in [-0.3, -0.25) is 0 Å². The van der Waals surface area contributed by atoms with E-state index in [9.17, 15) is 0 Å². The molecule has 1 radical (unpaired) electrons. The van der Waals surface area contributed by atoms with Crippen LogP contribution in [0.1, 0.15) is 11.1 Å². The maximum atomic E-state index is 3.38. The van der Waals surface area contributed by atoms with Crippen molar-refractivity contribution in [3.63, 3.8) is 0 Å². The van der Waals surface area contributed by atoms with Crippen LogP contribution in [0.5, 0.6) is 0 Å². The molecule has 0 aliphatic carbocycles. The largest absolute Gasteiger partial charge is 0.248 e. The van der Waals surface area contributed by atoms with Gasteiger partial charge in [-0.05, 0) is 12.1 Å². The van der Waals surface area contributed by atoms with Gasteiger partial charge < -0.3 is 0 Å². The van der Waals surface area contributed by atoms with Crippen molar-refractivity contribution in [2.24, 2.45) is 7.05 Å². The summed E-state index contributed by atoms with van der Waals surface area (Å²) in [6, 6.07) is 16.0. The summed E-state index contributed by atoms with van der Waals surface area (Å²) >= 11 is 0.